The summed E-state index contributed by atoms with van der Waals surface area (Å²) < 4.78 is 11.7. The van der Waals surface area contributed by atoms with E-state index in [0.717, 1.165) is 31.9 Å². The zero-order valence-corrected chi connectivity index (χ0v) is 18.4. The predicted octanol–water partition coefficient (Wildman–Crippen LogP) is 1.52. The third-order valence-corrected chi connectivity index (χ3v) is 4.60. The van der Waals surface area contributed by atoms with Crippen LogP contribution in [0.4, 0.5) is 0 Å². The van der Waals surface area contributed by atoms with Gasteiger partial charge in [0.05, 0.1) is 13.2 Å². The molecule has 0 radical (unpaired) electrons. The summed E-state index contributed by atoms with van der Waals surface area (Å²) in [5.74, 6) is 0.603. The number of halogens is 1. The van der Waals surface area contributed by atoms with Crippen molar-refractivity contribution in [1.82, 2.24) is 15.1 Å². The summed E-state index contributed by atoms with van der Waals surface area (Å²) >= 11 is 0. The molecule has 25 heavy (non-hydrogen) atoms. The molecule has 1 N–H and O–H groups in total. The molecule has 1 amide bonds. The molecule has 1 unspecified atom stereocenters. The number of ether oxygens (including phenoxy) is 2. The molecule has 2 aliphatic heterocycles. The molecule has 2 fully saturated rings. The highest BCUT2D eigenvalue weighted by molar-refractivity contribution is 14.0. The van der Waals surface area contributed by atoms with E-state index in [0.29, 0.717) is 19.1 Å². The van der Waals surface area contributed by atoms with Gasteiger partial charge >= 0.3 is 0 Å². The first-order valence-corrected chi connectivity index (χ1v) is 8.86. The van der Waals surface area contributed by atoms with Gasteiger partial charge in [-0.3, -0.25) is 4.79 Å². The summed E-state index contributed by atoms with van der Waals surface area (Å²) in [5, 5.41) is 3.39. The Morgan fingerprint density at radius 3 is 2.56 bits per heavy atom. The van der Waals surface area contributed by atoms with Gasteiger partial charge in [0.25, 0.3) is 0 Å². The van der Waals surface area contributed by atoms with Gasteiger partial charge in [0, 0.05) is 39.1 Å². The van der Waals surface area contributed by atoms with Gasteiger partial charge < -0.3 is 24.6 Å². The van der Waals surface area contributed by atoms with Gasteiger partial charge in [-0.2, -0.15) is 0 Å². The van der Waals surface area contributed by atoms with Crippen LogP contribution in [0, 0.1) is 5.92 Å². The fourth-order valence-electron chi connectivity index (χ4n) is 3.14. The number of amides is 1. The second kappa shape index (κ2) is 9.91. The van der Waals surface area contributed by atoms with Crippen LogP contribution in [0.25, 0.3) is 0 Å². The molecule has 0 aromatic carbocycles. The molecule has 2 rings (SSSR count). The molecular formula is C17H33IN4O3. The van der Waals surface area contributed by atoms with E-state index in [1.165, 1.54) is 0 Å². The molecule has 0 bridgehead atoms. The predicted molar refractivity (Wildman–Crippen MR) is 109 cm³/mol. The monoisotopic (exact) mass is 468 g/mol. The smallest absolute Gasteiger partial charge is 0.243 e. The number of nitrogens with zero attached hydrogens (tertiary/aromatic N) is 3. The first kappa shape index (κ1) is 22.4. The molecule has 0 spiro atoms. The highest BCUT2D eigenvalue weighted by Crippen LogP contribution is 2.34. The number of rotatable bonds is 4. The number of aliphatic imine (C=N–C) groups is 1. The molecular weight excluding hydrogens is 435 g/mol. The SMILES string of the molecule is CC(C)NC(=NCC(=O)N(C)C)N1CCCC(C2(C)OCCO2)C1.I. The molecule has 0 saturated carbocycles. The third kappa shape index (κ3) is 6.25. The molecule has 0 aromatic rings. The summed E-state index contributed by atoms with van der Waals surface area (Å²) in [6.07, 6.45) is 2.14. The number of likely N-dealkylation sites (tertiary alicyclic amines) is 1. The van der Waals surface area contributed by atoms with E-state index < -0.39 is 5.79 Å². The van der Waals surface area contributed by atoms with Crippen molar-refractivity contribution >= 4 is 35.8 Å². The fourth-order valence-corrected chi connectivity index (χ4v) is 3.14. The van der Waals surface area contributed by atoms with E-state index in [4.69, 9.17) is 9.47 Å². The number of hydrogen-bond acceptors (Lipinski definition) is 4. The topological polar surface area (TPSA) is 66.4 Å². The van der Waals surface area contributed by atoms with Crippen LogP contribution in [0.1, 0.15) is 33.6 Å². The Kier molecular flexibility index (Phi) is 8.90. The van der Waals surface area contributed by atoms with Gasteiger partial charge in [-0.05, 0) is 33.6 Å². The van der Waals surface area contributed by atoms with Crippen molar-refractivity contribution in [2.24, 2.45) is 10.9 Å². The second-order valence-corrected chi connectivity index (χ2v) is 7.23. The van der Waals surface area contributed by atoms with Crippen molar-refractivity contribution in [3.8, 4) is 0 Å². The first-order valence-electron chi connectivity index (χ1n) is 8.86. The van der Waals surface area contributed by atoms with Gasteiger partial charge in [-0.15, -0.1) is 24.0 Å². The number of guanidine groups is 1. The van der Waals surface area contributed by atoms with E-state index in [2.05, 4.69) is 29.1 Å². The molecule has 2 aliphatic rings. The number of carbonyl (C=O) groups excluding carboxylic acids is 1. The maximum absolute atomic E-state index is 11.9. The molecule has 8 heteroatoms. The van der Waals surface area contributed by atoms with E-state index >= 15 is 0 Å². The zero-order chi connectivity index (χ0) is 17.7. The summed E-state index contributed by atoms with van der Waals surface area (Å²) in [4.78, 5) is 20.2. The zero-order valence-electron chi connectivity index (χ0n) is 16.1. The number of nitrogens with one attached hydrogen (secondary N) is 1. The Balaban J connectivity index is 0.00000312. The lowest BCUT2D eigenvalue weighted by molar-refractivity contribution is -0.189. The Morgan fingerprint density at radius 2 is 2.00 bits per heavy atom. The van der Waals surface area contributed by atoms with Crippen LogP contribution < -0.4 is 5.32 Å². The van der Waals surface area contributed by atoms with Crippen molar-refractivity contribution < 1.29 is 14.3 Å². The summed E-state index contributed by atoms with van der Waals surface area (Å²) in [7, 11) is 3.50. The fraction of sp³-hybridized carbons (Fsp3) is 0.882. The van der Waals surface area contributed by atoms with Crippen LogP contribution in [-0.4, -0.2) is 80.4 Å². The van der Waals surface area contributed by atoms with Crippen LogP contribution >= 0.6 is 24.0 Å². The maximum atomic E-state index is 11.9. The highest BCUT2D eigenvalue weighted by atomic mass is 127. The van der Waals surface area contributed by atoms with Crippen LogP contribution in [0.2, 0.25) is 0 Å². The molecule has 7 nitrogen and oxygen atoms in total. The van der Waals surface area contributed by atoms with E-state index in [9.17, 15) is 4.79 Å². The minimum Gasteiger partial charge on any atom is -0.354 e. The number of likely N-dealkylation sites (N-methyl/N-ethyl adjacent to an activating group) is 1. The normalized spacial score (nSPS) is 23.4. The molecule has 1 atom stereocenters. The van der Waals surface area contributed by atoms with Gasteiger partial charge in [0.15, 0.2) is 11.7 Å². The molecule has 146 valence electrons. The Bertz CT molecular complexity index is 465. The van der Waals surface area contributed by atoms with E-state index in [1.54, 1.807) is 19.0 Å². The number of piperidine rings is 1. The third-order valence-electron chi connectivity index (χ3n) is 4.60. The molecule has 2 heterocycles. The van der Waals surface area contributed by atoms with E-state index in [-0.39, 0.29) is 42.5 Å². The van der Waals surface area contributed by atoms with Crippen LogP contribution in [0.5, 0.6) is 0 Å². The van der Waals surface area contributed by atoms with Crippen molar-refractivity contribution in [1.29, 1.82) is 0 Å². The quantitative estimate of drug-likeness (QED) is 0.385. The van der Waals surface area contributed by atoms with Gasteiger partial charge in [0.2, 0.25) is 5.91 Å². The van der Waals surface area contributed by atoms with Crippen molar-refractivity contribution in [2.45, 2.75) is 45.4 Å². The summed E-state index contributed by atoms with van der Waals surface area (Å²) in [6, 6.07) is 0.258. The molecule has 0 aromatic heterocycles. The van der Waals surface area contributed by atoms with Crippen LogP contribution in [0.15, 0.2) is 4.99 Å². The Morgan fingerprint density at radius 1 is 1.36 bits per heavy atom. The lowest BCUT2D eigenvalue weighted by Gasteiger charge is -2.41. The molecule has 0 aliphatic carbocycles. The number of hydrogen-bond donors (Lipinski definition) is 1. The summed E-state index contributed by atoms with van der Waals surface area (Å²) in [5.41, 5.74) is 0. The number of carbonyl (C=O) groups is 1. The Labute approximate surface area is 168 Å². The maximum Gasteiger partial charge on any atom is 0.243 e. The van der Waals surface area contributed by atoms with E-state index in [1.807, 2.05) is 6.92 Å². The standard InChI is InChI=1S/C17H32N4O3.HI/c1-13(2)19-16(18-11-15(22)20(4)5)21-8-6-7-14(12-21)17(3)23-9-10-24-17;/h13-14H,6-12H2,1-5H3,(H,18,19);1H. The molecule has 2 saturated heterocycles. The average molecular weight is 468 g/mol. The lowest BCUT2D eigenvalue weighted by atomic mass is 9.90. The summed E-state index contributed by atoms with van der Waals surface area (Å²) in [6.45, 7) is 9.44. The minimum atomic E-state index is -0.499. The van der Waals surface area contributed by atoms with Crippen molar-refractivity contribution in [3.63, 3.8) is 0 Å². The van der Waals surface area contributed by atoms with Gasteiger partial charge in [0.1, 0.15) is 6.54 Å². The highest BCUT2D eigenvalue weighted by Gasteiger charge is 2.42. The lowest BCUT2D eigenvalue weighted by Crippen LogP contribution is -2.53. The minimum absolute atomic E-state index is 0. The van der Waals surface area contributed by atoms with Crippen molar-refractivity contribution in [2.75, 3.05) is 46.9 Å². The van der Waals surface area contributed by atoms with Crippen molar-refractivity contribution in [3.05, 3.63) is 0 Å². The second-order valence-electron chi connectivity index (χ2n) is 7.23. The van der Waals surface area contributed by atoms with Gasteiger partial charge in [-0.25, -0.2) is 4.99 Å². The van der Waals surface area contributed by atoms with Gasteiger partial charge in [-0.1, -0.05) is 0 Å². The van der Waals surface area contributed by atoms with Crippen LogP contribution in [-0.2, 0) is 14.3 Å². The first-order chi connectivity index (χ1) is 11.3. The Hall–Kier alpha value is -0.610. The van der Waals surface area contributed by atoms with Crippen LogP contribution in [0.3, 0.4) is 0 Å². The average Bonchev–Trinajstić information content (AvgIpc) is 2.99. The largest absolute Gasteiger partial charge is 0.354 e.